The zero-order valence-electron chi connectivity index (χ0n) is 13.1. The van der Waals surface area contributed by atoms with Crippen LogP contribution >= 0.6 is 0 Å². The van der Waals surface area contributed by atoms with E-state index in [9.17, 15) is 0 Å². The molecule has 0 radical (unpaired) electrons. The SMILES string of the molecule is CC(Cn1c(N)nc2cnc3ccccc3c21)C(C)(C)C. The van der Waals surface area contributed by atoms with Gasteiger partial charge >= 0.3 is 0 Å². The Morgan fingerprint density at radius 3 is 2.62 bits per heavy atom. The predicted octanol–water partition coefficient (Wildman–Crippen LogP) is 3.85. The highest BCUT2D eigenvalue weighted by Gasteiger charge is 2.22. The number of nitrogen functional groups attached to an aromatic ring is 1. The summed E-state index contributed by atoms with van der Waals surface area (Å²) in [7, 11) is 0. The fraction of sp³-hybridized carbons (Fsp3) is 0.412. The molecule has 0 amide bonds. The highest BCUT2D eigenvalue weighted by atomic mass is 15.2. The number of hydrogen-bond acceptors (Lipinski definition) is 3. The van der Waals surface area contributed by atoms with Gasteiger partial charge in [0.1, 0.15) is 5.52 Å². The lowest BCUT2D eigenvalue weighted by atomic mass is 9.82. The van der Waals surface area contributed by atoms with Crippen LogP contribution in [0.2, 0.25) is 0 Å². The summed E-state index contributed by atoms with van der Waals surface area (Å²) in [4.78, 5) is 8.94. The number of benzene rings is 1. The van der Waals surface area contributed by atoms with Gasteiger partial charge in [-0.15, -0.1) is 0 Å². The summed E-state index contributed by atoms with van der Waals surface area (Å²) in [6.45, 7) is 9.89. The third-order valence-corrected chi connectivity index (χ3v) is 4.44. The molecule has 0 spiro atoms. The minimum atomic E-state index is 0.228. The summed E-state index contributed by atoms with van der Waals surface area (Å²) in [6, 6.07) is 8.15. The molecule has 3 rings (SSSR count). The summed E-state index contributed by atoms with van der Waals surface area (Å²) in [5, 5.41) is 1.11. The van der Waals surface area contributed by atoms with E-state index in [1.807, 2.05) is 24.4 Å². The molecule has 2 aromatic heterocycles. The van der Waals surface area contributed by atoms with Gasteiger partial charge in [-0.3, -0.25) is 4.98 Å². The first kappa shape index (κ1) is 13.9. The molecule has 1 aromatic carbocycles. The molecule has 0 aliphatic heterocycles. The summed E-state index contributed by atoms with van der Waals surface area (Å²) in [5.74, 6) is 1.06. The topological polar surface area (TPSA) is 56.7 Å². The van der Waals surface area contributed by atoms with Crippen LogP contribution in [0, 0.1) is 11.3 Å². The molecule has 0 bridgehead atoms. The molecule has 1 unspecified atom stereocenters. The smallest absolute Gasteiger partial charge is 0.201 e. The van der Waals surface area contributed by atoms with Crippen molar-refractivity contribution in [2.75, 3.05) is 5.73 Å². The number of hydrogen-bond donors (Lipinski definition) is 1. The first-order chi connectivity index (χ1) is 9.88. The summed E-state index contributed by atoms with van der Waals surface area (Å²) in [5.41, 5.74) is 9.33. The maximum Gasteiger partial charge on any atom is 0.201 e. The van der Waals surface area contributed by atoms with Crippen LogP contribution in [-0.4, -0.2) is 14.5 Å². The summed E-state index contributed by atoms with van der Waals surface area (Å²) in [6.07, 6.45) is 1.81. The van der Waals surface area contributed by atoms with Gasteiger partial charge < -0.3 is 10.3 Å². The number of pyridine rings is 1. The number of rotatable bonds is 2. The minimum Gasteiger partial charge on any atom is -0.369 e. The van der Waals surface area contributed by atoms with E-state index in [1.54, 1.807) is 0 Å². The minimum absolute atomic E-state index is 0.228. The lowest BCUT2D eigenvalue weighted by Gasteiger charge is -2.28. The van der Waals surface area contributed by atoms with E-state index >= 15 is 0 Å². The van der Waals surface area contributed by atoms with Gasteiger partial charge in [0.05, 0.1) is 17.2 Å². The van der Waals surface area contributed by atoms with Crippen LogP contribution in [0.15, 0.2) is 30.5 Å². The van der Waals surface area contributed by atoms with E-state index < -0.39 is 0 Å². The van der Waals surface area contributed by atoms with E-state index in [2.05, 4.69) is 48.3 Å². The fourth-order valence-electron chi connectivity index (χ4n) is 2.51. The molecule has 2 heterocycles. The largest absolute Gasteiger partial charge is 0.369 e. The number of aromatic nitrogens is 3. The Kier molecular flexibility index (Phi) is 3.12. The third-order valence-electron chi connectivity index (χ3n) is 4.44. The molecule has 0 aliphatic rings. The van der Waals surface area contributed by atoms with Gasteiger partial charge in [-0.1, -0.05) is 45.9 Å². The molecule has 4 nitrogen and oxygen atoms in total. The molecule has 1 atom stereocenters. The lowest BCUT2D eigenvalue weighted by Crippen LogP contribution is -2.23. The van der Waals surface area contributed by atoms with Gasteiger partial charge in [0.25, 0.3) is 0 Å². The summed E-state index contributed by atoms with van der Waals surface area (Å²) >= 11 is 0. The van der Waals surface area contributed by atoms with Crippen LogP contribution < -0.4 is 5.73 Å². The van der Waals surface area contributed by atoms with Crippen LogP contribution in [0.1, 0.15) is 27.7 Å². The van der Waals surface area contributed by atoms with Crippen molar-refractivity contribution < 1.29 is 0 Å². The standard InChI is InChI=1S/C17H22N4/c1-11(17(2,3)4)10-21-15-12-7-5-6-8-13(12)19-9-14(15)20-16(21)18/h5-9,11H,10H2,1-4H3,(H2,18,20). The highest BCUT2D eigenvalue weighted by molar-refractivity contribution is 6.02. The second-order valence-electron chi connectivity index (χ2n) is 6.86. The number of nitrogens with zero attached hydrogens (tertiary/aromatic N) is 3. The van der Waals surface area contributed by atoms with Crippen molar-refractivity contribution in [2.24, 2.45) is 11.3 Å². The first-order valence-corrected chi connectivity index (χ1v) is 7.37. The molecule has 2 N–H and O–H groups in total. The summed E-state index contributed by atoms with van der Waals surface area (Å²) < 4.78 is 2.13. The van der Waals surface area contributed by atoms with Crippen LogP contribution in [0.3, 0.4) is 0 Å². The fourth-order valence-corrected chi connectivity index (χ4v) is 2.51. The van der Waals surface area contributed by atoms with Crippen molar-refractivity contribution in [1.29, 1.82) is 0 Å². The van der Waals surface area contributed by atoms with E-state index in [1.165, 1.54) is 0 Å². The van der Waals surface area contributed by atoms with Crippen molar-refractivity contribution in [3.05, 3.63) is 30.5 Å². The van der Waals surface area contributed by atoms with Crippen molar-refractivity contribution in [2.45, 2.75) is 34.2 Å². The average molecular weight is 282 g/mol. The normalized spacial score (nSPS) is 13.9. The van der Waals surface area contributed by atoms with E-state index in [-0.39, 0.29) is 5.41 Å². The Morgan fingerprint density at radius 1 is 1.19 bits per heavy atom. The number of nitrogens with two attached hydrogens (primary N) is 1. The molecule has 21 heavy (non-hydrogen) atoms. The quantitative estimate of drug-likeness (QED) is 0.776. The van der Waals surface area contributed by atoms with E-state index in [0.29, 0.717) is 11.9 Å². The Hall–Kier alpha value is -2.10. The molecule has 110 valence electrons. The van der Waals surface area contributed by atoms with Crippen LogP contribution in [-0.2, 0) is 6.54 Å². The molecule has 0 aliphatic carbocycles. The van der Waals surface area contributed by atoms with Crippen LogP contribution in [0.5, 0.6) is 0 Å². The Balaban J connectivity index is 2.22. The molecule has 3 aromatic rings. The van der Waals surface area contributed by atoms with Gasteiger partial charge in [-0.05, 0) is 17.4 Å². The molecular formula is C17H22N4. The van der Waals surface area contributed by atoms with Crippen molar-refractivity contribution in [3.63, 3.8) is 0 Å². The van der Waals surface area contributed by atoms with Gasteiger partial charge in [0, 0.05) is 11.9 Å². The average Bonchev–Trinajstić information content (AvgIpc) is 2.74. The van der Waals surface area contributed by atoms with Gasteiger partial charge in [-0.25, -0.2) is 4.98 Å². The second kappa shape index (κ2) is 4.72. The van der Waals surface area contributed by atoms with Crippen LogP contribution in [0.4, 0.5) is 5.95 Å². The van der Waals surface area contributed by atoms with Crippen molar-refractivity contribution >= 4 is 27.9 Å². The van der Waals surface area contributed by atoms with Crippen molar-refractivity contribution in [3.8, 4) is 0 Å². The maximum absolute atomic E-state index is 6.16. The monoisotopic (exact) mass is 282 g/mol. The molecule has 0 fully saturated rings. The second-order valence-corrected chi connectivity index (χ2v) is 6.86. The third kappa shape index (κ3) is 2.35. The van der Waals surface area contributed by atoms with Gasteiger partial charge in [-0.2, -0.15) is 0 Å². The predicted molar refractivity (Wildman–Crippen MR) is 88.1 cm³/mol. The highest BCUT2D eigenvalue weighted by Crippen LogP contribution is 2.31. The molecule has 0 saturated carbocycles. The van der Waals surface area contributed by atoms with E-state index in [0.717, 1.165) is 28.5 Å². The Morgan fingerprint density at radius 2 is 1.90 bits per heavy atom. The molecule has 0 saturated heterocycles. The van der Waals surface area contributed by atoms with Gasteiger partial charge in [0.2, 0.25) is 5.95 Å². The van der Waals surface area contributed by atoms with Gasteiger partial charge in [0.15, 0.2) is 0 Å². The number of imidazole rings is 1. The zero-order valence-corrected chi connectivity index (χ0v) is 13.1. The van der Waals surface area contributed by atoms with Crippen molar-refractivity contribution in [1.82, 2.24) is 14.5 Å². The first-order valence-electron chi connectivity index (χ1n) is 7.37. The maximum atomic E-state index is 6.16. The Bertz CT molecular complexity index is 796. The molecular weight excluding hydrogens is 260 g/mol. The van der Waals surface area contributed by atoms with Crippen LogP contribution in [0.25, 0.3) is 21.9 Å². The Labute approximate surface area is 125 Å². The lowest BCUT2D eigenvalue weighted by molar-refractivity contribution is 0.236. The molecule has 4 heteroatoms. The van der Waals surface area contributed by atoms with E-state index in [4.69, 9.17) is 5.73 Å². The number of fused-ring (bicyclic) bond motifs is 3. The number of anilines is 1. The number of para-hydroxylation sites is 1. The zero-order chi connectivity index (χ0) is 15.2.